The van der Waals surface area contributed by atoms with Crippen LogP contribution in [-0.2, 0) is 0 Å². The second-order valence-corrected chi connectivity index (χ2v) is 5.72. The summed E-state index contributed by atoms with van der Waals surface area (Å²) in [4.78, 5) is 8.86. The minimum absolute atomic E-state index is 0.0791. The SMILES string of the molecule is CN(CC1(N(C)C)CCC1)c1ccc(/C(N)=N/O)cn1. The predicted octanol–water partition coefficient (Wildman–Crippen LogP) is 1.10. The summed E-state index contributed by atoms with van der Waals surface area (Å²) in [6, 6.07) is 3.71. The smallest absolute Gasteiger partial charge is 0.171 e. The van der Waals surface area contributed by atoms with Crippen LogP contribution in [0.3, 0.4) is 0 Å². The fourth-order valence-electron chi connectivity index (χ4n) is 2.68. The molecule has 0 atom stereocenters. The van der Waals surface area contributed by atoms with Gasteiger partial charge in [-0.15, -0.1) is 0 Å². The Bertz CT molecular complexity index is 479. The highest BCUT2D eigenvalue weighted by atomic mass is 16.4. The highest BCUT2D eigenvalue weighted by Gasteiger charge is 2.40. The number of hydrogen-bond acceptors (Lipinski definition) is 5. The molecular weight excluding hydrogens is 254 g/mol. The van der Waals surface area contributed by atoms with E-state index in [9.17, 15) is 0 Å². The maximum atomic E-state index is 8.64. The molecule has 6 nitrogen and oxygen atoms in total. The van der Waals surface area contributed by atoms with E-state index in [0.29, 0.717) is 5.56 Å². The van der Waals surface area contributed by atoms with Crippen LogP contribution in [-0.4, -0.2) is 54.2 Å². The molecular formula is C14H23N5O. The third kappa shape index (κ3) is 2.70. The van der Waals surface area contributed by atoms with E-state index in [-0.39, 0.29) is 11.4 Å². The van der Waals surface area contributed by atoms with Crippen molar-refractivity contribution in [3.8, 4) is 0 Å². The molecule has 1 aromatic rings. The van der Waals surface area contributed by atoms with Crippen LogP contribution in [0, 0.1) is 0 Å². The summed E-state index contributed by atoms with van der Waals surface area (Å²) in [5.41, 5.74) is 6.42. The van der Waals surface area contributed by atoms with E-state index in [1.165, 1.54) is 19.3 Å². The summed E-state index contributed by atoms with van der Waals surface area (Å²) in [6.45, 7) is 0.954. The van der Waals surface area contributed by atoms with Gasteiger partial charge in [-0.3, -0.25) is 0 Å². The van der Waals surface area contributed by atoms with Crippen molar-refractivity contribution < 1.29 is 5.21 Å². The van der Waals surface area contributed by atoms with Gasteiger partial charge in [-0.2, -0.15) is 0 Å². The largest absolute Gasteiger partial charge is 0.409 e. The van der Waals surface area contributed by atoms with E-state index in [1.807, 2.05) is 12.1 Å². The zero-order valence-corrected chi connectivity index (χ0v) is 12.4. The summed E-state index contributed by atoms with van der Waals surface area (Å²) in [5, 5.41) is 11.6. The Hall–Kier alpha value is -1.82. The lowest BCUT2D eigenvalue weighted by Gasteiger charge is -2.49. The predicted molar refractivity (Wildman–Crippen MR) is 80.3 cm³/mol. The van der Waals surface area contributed by atoms with Gasteiger partial charge in [0.15, 0.2) is 5.84 Å². The summed E-state index contributed by atoms with van der Waals surface area (Å²) >= 11 is 0. The first-order chi connectivity index (χ1) is 9.48. The number of nitrogens with zero attached hydrogens (tertiary/aromatic N) is 4. The maximum absolute atomic E-state index is 8.64. The zero-order chi connectivity index (χ0) is 14.8. The van der Waals surface area contributed by atoms with Gasteiger partial charge in [0.25, 0.3) is 0 Å². The normalized spacial score (nSPS) is 17.9. The number of pyridine rings is 1. The van der Waals surface area contributed by atoms with Crippen molar-refractivity contribution in [3.63, 3.8) is 0 Å². The molecule has 110 valence electrons. The van der Waals surface area contributed by atoms with E-state index in [1.54, 1.807) is 6.20 Å². The van der Waals surface area contributed by atoms with Crippen molar-refractivity contribution in [2.24, 2.45) is 10.9 Å². The summed E-state index contributed by atoms with van der Waals surface area (Å²) in [7, 11) is 6.33. The first-order valence-corrected chi connectivity index (χ1v) is 6.81. The van der Waals surface area contributed by atoms with Crippen molar-refractivity contribution in [1.29, 1.82) is 0 Å². The Morgan fingerprint density at radius 3 is 2.50 bits per heavy atom. The Labute approximate surface area is 119 Å². The lowest BCUT2D eigenvalue weighted by Crippen LogP contribution is -2.56. The third-order valence-corrected chi connectivity index (χ3v) is 4.31. The minimum Gasteiger partial charge on any atom is -0.409 e. The number of oxime groups is 1. The molecule has 0 bridgehead atoms. The Morgan fingerprint density at radius 1 is 1.40 bits per heavy atom. The van der Waals surface area contributed by atoms with Crippen LogP contribution in [0.15, 0.2) is 23.5 Å². The molecule has 1 aromatic heterocycles. The number of amidine groups is 1. The van der Waals surface area contributed by atoms with Gasteiger partial charge in [-0.05, 0) is 45.5 Å². The molecule has 0 aromatic carbocycles. The van der Waals surface area contributed by atoms with E-state index in [0.717, 1.165) is 12.4 Å². The molecule has 0 saturated heterocycles. The highest BCUT2D eigenvalue weighted by molar-refractivity contribution is 5.96. The average Bonchev–Trinajstić information content (AvgIpc) is 2.41. The molecule has 2 rings (SSSR count). The summed E-state index contributed by atoms with van der Waals surface area (Å²) in [5.74, 6) is 0.975. The zero-order valence-electron chi connectivity index (χ0n) is 12.4. The molecule has 0 spiro atoms. The molecule has 0 unspecified atom stereocenters. The fourth-order valence-corrected chi connectivity index (χ4v) is 2.68. The Balaban J connectivity index is 2.08. The van der Waals surface area contributed by atoms with Gasteiger partial charge in [0.1, 0.15) is 5.82 Å². The lowest BCUT2D eigenvalue weighted by molar-refractivity contribution is 0.0682. The second kappa shape index (κ2) is 5.66. The van der Waals surface area contributed by atoms with Crippen LogP contribution in [0.5, 0.6) is 0 Å². The molecule has 0 amide bonds. The van der Waals surface area contributed by atoms with Gasteiger partial charge in [-0.1, -0.05) is 5.16 Å². The van der Waals surface area contributed by atoms with Gasteiger partial charge < -0.3 is 20.7 Å². The van der Waals surface area contributed by atoms with E-state index >= 15 is 0 Å². The van der Waals surface area contributed by atoms with Crippen LogP contribution in [0.25, 0.3) is 0 Å². The topological polar surface area (TPSA) is 78.0 Å². The van der Waals surface area contributed by atoms with Crippen LogP contribution in [0.4, 0.5) is 5.82 Å². The number of rotatable bonds is 5. The Kier molecular flexibility index (Phi) is 4.13. The van der Waals surface area contributed by atoms with Crippen LogP contribution >= 0.6 is 0 Å². The number of nitrogens with two attached hydrogens (primary N) is 1. The molecule has 1 heterocycles. The van der Waals surface area contributed by atoms with Crippen LogP contribution in [0.1, 0.15) is 24.8 Å². The van der Waals surface area contributed by atoms with E-state index in [2.05, 4.69) is 41.1 Å². The van der Waals surface area contributed by atoms with Crippen molar-refractivity contribution in [2.75, 3.05) is 32.6 Å². The summed E-state index contributed by atoms with van der Waals surface area (Å²) < 4.78 is 0. The molecule has 0 aliphatic heterocycles. The molecule has 1 saturated carbocycles. The van der Waals surface area contributed by atoms with E-state index in [4.69, 9.17) is 10.9 Å². The molecule has 1 aliphatic rings. The second-order valence-electron chi connectivity index (χ2n) is 5.72. The van der Waals surface area contributed by atoms with Gasteiger partial charge in [0.05, 0.1) is 0 Å². The summed E-state index contributed by atoms with van der Waals surface area (Å²) in [6.07, 6.45) is 5.38. The van der Waals surface area contributed by atoms with Gasteiger partial charge in [0.2, 0.25) is 0 Å². The molecule has 3 N–H and O–H groups in total. The number of hydrogen-bond donors (Lipinski definition) is 2. The monoisotopic (exact) mass is 277 g/mol. The Morgan fingerprint density at radius 2 is 2.10 bits per heavy atom. The molecule has 1 aliphatic carbocycles. The highest BCUT2D eigenvalue weighted by Crippen LogP contribution is 2.37. The van der Waals surface area contributed by atoms with Gasteiger partial charge >= 0.3 is 0 Å². The van der Waals surface area contributed by atoms with Crippen molar-refractivity contribution in [3.05, 3.63) is 23.9 Å². The van der Waals surface area contributed by atoms with Gasteiger partial charge in [-0.25, -0.2) is 4.98 Å². The van der Waals surface area contributed by atoms with Crippen molar-refractivity contribution in [2.45, 2.75) is 24.8 Å². The first kappa shape index (κ1) is 14.6. The van der Waals surface area contributed by atoms with Crippen LogP contribution < -0.4 is 10.6 Å². The van der Waals surface area contributed by atoms with Crippen molar-refractivity contribution in [1.82, 2.24) is 9.88 Å². The molecule has 1 fully saturated rings. The van der Waals surface area contributed by atoms with Crippen molar-refractivity contribution >= 4 is 11.7 Å². The standard InChI is InChI=1S/C14H23N5O/c1-18(2)14(7-4-8-14)10-19(3)12-6-5-11(9-16-12)13(15)17-20/h5-6,9,20H,4,7-8,10H2,1-3H3,(H2,15,17). The molecule has 20 heavy (non-hydrogen) atoms. The quantitative estimate of drug-likeness (QED) is 0.365. The fraction of sp³-hybridized carbons (Fsp3) is 0.571. The lowest BCUT2D eigenvalue weighted by atomic mass is 9.75. The number of likely N-dealkylation sites (N-methyl/N-ethyl adjacent to an activating group) is 2. The molecule has 0 radical (unpaired) electrons. The minimum atomic E-state index is 0.0791. The number of aromatic nitrogens is 1. The number of anilines is 1. The molecule has 6 heteroatoms. The van der Waals surface area contributed by atoms with Crippen LogP contribution in [0.2, 0.25) is 0 Å². The first-order valence-electron chi connectivity index (χ1n) is 6.81. The average molecular weight is 277 g/mol. The van der Waals surface area contributed by atoms with E-state index < -0.39 is 0 Å². The maximum Gasteiger partial charge on any atom is 0.171 e. The van der Waals surface area contributed by atoms with Gasteiger partial charge in [0, 0.05) is 30.9 Å². The third-order valence-electron chi connectivity index (χ3n) is 4.31.